The predicted octanol–water partition coefficient (Wildman–Crippen LogP) is 23.1. The number of aryl methyl sites for hydroxylation is 14. The van der Waals surface area contributed by atoms with Gasteiger partial charge in [-0.15, -0.1) is 0 Å². The first kappa shape index (κ1) is 69.1. The number of hydrogen-bond acceptors (Lipinski definition) is 0. The van der Waals surface area contributed by atoms with Crippen LogP contribution >= 0.6 is 0 Å². The van der Waals surface area contributed by atoms with Crippen LogP contribution in [0.1, 0.15) is 89.0 Å². The normalized spacial score (nSPS) is 10.2. The first-order valence-electron chi connectivity index (χ1n) is 27.8. The number of benzene rings is 11. The van der Waals surface area contributed by atoms with E-state index in [2.05, 4.69) is 88.4 Å². The van der Waals surface area contributed by atoms with Crippen molar-refractivity contribution in [2.75, 3.05) is 0 Å². The van der Waals surface area contributed by atoms with Crippen LogP contribution in [-0.2, 0) is 0 Å². The minimum atomic E-state index is -0.736. The first-order chi connectivity index (χ1) is 39.9. The molecule has 0 radical (unpaired) electrons. The summed E-state index contributed by atoms with van der Waals surface area (Å²) in [6.45, 7) is 29.0. The number of halogens is 9. The van der Waals surface area contributed by atoms with E-state index in [0.717, 1.165) is 27.6 Å². The first-order valence-corrected chi connectivity index (χ1v) is 27.8. The molecular formula is C76H77F9. The van der Waals surface area contributed by atoms with E-state index in [0.29, 0.717) is 49.5 Å². The molecule has 0 aliphatic rings. The highest BCUT2D eigenvalue weighted by molar-refractivity contribution is 5.86. The molecule has 11 aromatic carbocycles. The van der Waals surface area contributed by atoms with Crippen molar-refractivity contribution in [1.82, 2.24) is 0 Å². The maximum absolute atomic E-state index is 13.6. The highest BCUT2D eigenvalue weighted by atomic mass is 19.2. The molecule has 0 aliphatic carbocycles. The van der Waals surface area contributed by atoms with Gasteiger partial charge < -0.3 is 0 Å². The van der Waals surface area contributed by atoms with Crippen LogP contribution in [0.25, 0.3) is 32.3 Å². The van der Waals surface area contributed by atoms with Crippen LogP contribution in [0.2, 0.25) is 0 Å². The molecular weight excluding hydrogens is 1080 g/mol. The SMILES string of the molecule is Cc1cc(F)c(C)c(F)c1.Cc1ccc(C)c(F)c1.Cc1ccc(C)c(F)c1.Cc1ccc(C)c(F)c1F.Cc1ccc(C)cc1.Cc1ccc2c(F)c(C)c(F)cc2c1.Cc1ccc2c(F)c(C)ccc2c1.Cc1ccc2cc(C)ccc2c1. The summed E-state index contributed by atoms with van der Waals surface area (Å²) in [6.07, 6.45) is 0. The average molecular weight is 1160 g/mol. The highest BCUT2D eigenvalue weighted by Gasteiger charge is 2.10. The molecule has 0 aliphatic heterocycles. The lowest BCUT2D eigenvalue weighted by Gasteiger charge is -2.04. The fraction of sp³-hybridized carbons (Fsp3) is 0.211. The third-order valence-electron chi connectivity index (χ3n) is 13.6. The van der Waals surface area contributed by atoms with Gasteiger partial charge in [0.25, 0.3) is 0 Å². The third-order valence-corrected chi connectivity index (χ3v) is 13.6. The topological polar surface area (TPSA) is 0 Å². The Bertz CT molecular complexity index is 3850. The van der Waals surface area contributed by atoms with E-state index >= 15 is 0 Å². The molecule has 0 N–H and O–H groups in total. The third kappa shape index (κ3) is 21.6. The monoisotopic (exact) mass is 1160 g/mol. The summed E-state index contributed by atoms with van der Waals surface area (Å²) in [5.41, 5.74) is 13.0. The van der Waals surface area contributed by atoms with Gasteiger partial charge in [0.05, 0.1) is 0 Å². The fourth-order valence-electron chi connectivity index (χ4n) is 8.11. The maximum atomic E-state index is 13.6. The number of hydrogen-bond donors (Lipinski definition) is 0. The summed E-state index contributed by atoms with van der Waals surface area (Å²) < 4.78 is 116. The molecule has 11 aromatic rings. The van der Waals surface area contributed by atoms with Gasteiger partial charge >= 0.3 is 0 Å². The summed E-state index contributed by atoms with van der Waals surface area (Å²) in [4.78, 5) is 0. The van der Waals surface area contributed by atoms with Gasteiger partial charge in [-0.25, -0.2) is 39.5 Å². The molecule has 0 fully saturated rings. The lowest BCUT2D eigenvalue weighted by Crippen LogP contribution is -1.91. The minimum Gasteiger partial charge on any atom is -0.207 e. The quantitative estimate of drug-likeness (QED) is 0.133. The van der Waals surface area contributed by atoms with Crippen molar-refractivity contribution in [1.29, 1.82) is 0 Å². The molecule has 0 spiro atoms. The molecule has 0 aromatic heterocycles. The molecule has 0 bridgehead atoms. The molecule has 85 heavy (non-hydrogen) atoms. The maximum Gasteiger partial charge on any atom is 0.161 e. The molecule has 444 valence electrons. The van der Waals surface area contributed by atoms with E-state index in [1.54, 1.807) is 64.1 Å². The van der Waals surface area contributed by atoms with Gasteiger partial charge in [0.2, 0.25) is 0 Å². The molecule has 0 heterocycles. The van der Waals surface area contributed by atoms with E-state index in [4.69, 9.17) is 0 Å². The van der Waals surface area contributed by atoms with E-state index in [1.807, 2.05) is 76.2 Å². The molecule has 0 unspecified atom stereocenters. The molecule has 9 heteroatoms. The zero-order chi connectivity index (χ0) is 63.4. The zero-order valence-corrected chi connectivity index (χ0v) is 51.6. The largest absolute Gasteiger partial charge is 0.207 e. The fourth-order valence-corrected chi connectivity index (χ4v) is 8.11. The Kier molecular flexibility index (Phi) is 26.5. The van der Waals surface area contributed by atoms with Crippen molar-refractivity contribution in [3.8, 4) is 0 Å². The molecule has 0 saturated carbocycles. The highest BCUT2D eigenvalue weighted by Crippen LogP contribution is 2.25. The van der Waals surface area contributed by atoms with Crippen LogP contribution in [0.3, 0.4) is 0 Å². The summed E-state index contributed by atoms with van der Waals surface area (Å²) >= 11 is 0. The summed E-state index contributed by atoms with van der Waals surface area (Å²) in [5.74, 6) is -3.70. The van der Waals surface area contributed by atoms with Crippen LogP contribution < -0.4 is 0 Å². The Morgan fingerprint density at radius 3 is 0.847 bits per heavy atom. The Morgan fingerprint density at radius 2 is 0.447 bits per heavy atom. The van der Waals surface area contributed by atoms with E-state index in [1.165, 1.54) is 91.1 Å². The van der Waals surface area contributed by atoms with Gasteiger partial charge in [-0.05, 0) is 207 Å². The van der Waals surface area contributed by atoms with Gasteiger partial charge in [0, 0.05) is 21.9 Å². The Hall–Kier alpha value is -8.43. The standard InChI is InChI=1S/C12H10F2.C12H11F.C12H12.2C8H8F2.2C8H9F.C8H10/c1-7-3-4-10-9(5-7)6-11(13)8(2)12(10)14;1-8-3-6-11-10(7-8)5-4-9(2)12(11)13;1-9-3-5-12-8-10(2)4-6-11(12)7-9;1-5-3-7(9)6(2)8(10)4-5;1-5-3-4-6(2)8(10)7(5)9;2*1-6-3-4-7(2)8(9)5-6;1-7-3-5-8(2)6-4-7/h3-6H,1-2H3;3-7H,1-2H3;3-8H,1-2H3;2*3-4H,1-2H3;2*3-5H,1-2H3;3-6H,1-2H3. The molecule has 0 nitrogen and oxygen atoms in total. The van der Waals surface area contributed by atoms with Crippen LogP contribution in [0.5, 0.6) is 0 Å². The zero-order valence-electron chi connectivity index (χ0n) is 51.6. The summed E-state index contributed by atoms with van der Waals surface area (Å²) in [6, 6.07) is 54.0. The molecule has 0 amide bonds. The van der Waals surface area contributed by atoms with Crippen LogP contribution in [0.4, 0.5) is 39.5 Å². The van der Waals surface area contributed by atoms with Crippen molar-refractivity contribution in [2.24, 2.45) is 0 Å². The van der Waals surface area contributed by atoms with E-state index < -0.39 is 34.9 Å². The Labute approximate surface area is 497 Å². The summed E-state index contributed by atoms with van der Waals surface area (Å²) in [5, 5.41) is 5.45. The van der Waals surface area contributed by atoms with Crippen molar-refractivity contribution in [2.45, 2.75) is 111 Å². The van der Waals surface area contributed by atoms with Crippen molar-refractivity contribution in [3.05, 3.63) is 317 Å². The van der Waals surface area contributed by atoms with Gasteiger partial charge in [-0.3, -0.25) is 0 Å². The molecule has 0 saturated heterocycles. The van der Waals surface area contributed by atoms with Gasteiger partial charge in [-0.2, -0.15) is 0 Å². The van der Waals surface area contributed by atoms with Crippen LogP contribution in [0.15, 0.2) is 176 Å². The molecule has 0 atom stereocenters. The van der Waals surface area contributed by atoms with Crippen molar-refractivity contribution < 1.29 is 39.5 Å². The second-order valence-electron chi connectivity index (χ2n) is 21.6. The number of rotatable bonds is 0. The van der Waals surface area contributed by atoms with Gasteiger partial charge in [-0.1, -0.05) is 179 Å². The Morgan fingerprint density at radius 1 is 0.176 bits per heavy atom. The predicted molar refractivity (Wildman–Crippen MR) is 339 cm³/mol. The second kappa shape index (κ2) is 32.6. The molecule has 11 rings (SSSR count). The Balaban J connectivity index is 0.000000210. The second-order valence-corrected chi connectivity index (χ2v) is 21.6. The van der Waals surface area contributed by atoms with Crippen LogP contribution in [-0.4, -0.2) is 0 Å². The average Bonchev–Trinajstić information content (AvgIpc) is 3.52. The van der Waals surface area contributed by atoms with Crippen molar-refractivity contribution in [3.63, 3.8) is 0 Å². The van der Waals surface area contributed by atoms with E-state index in [9.17, 15) is 39.5 Å². The lowest BCUT2D eigenvalue weighted by molar-refractivity contribution is 0.497. The van der Waals surface area contributed by atoms with Crippen LogP contribution in [0, 0.1) is 163 Å². The van der Waals surface area contributed by atoms with Gasteiger partial charge in [0.15, 0.2) is 11.6 Å². The minimum absolute atomic E-state index is 0.0846. The van der Waals surface area contributed by atoms with Crippen molar-refractivity contribution >= 4 is 32.3 Å². The van der Waals surface area contributed by atoms with Gasteiger partial charge in [0.1, 0.15) is 40.7 Å². The lowest BCUT2D eigenvalue weighted by atomic mass is 10.0. The smallest absolute Gasteiger partial charge is 0.161 e. The van der Waals surface area contributed by atoms with E-state index in [-0.39, 0.29) is 28.6 Å². The number of fused-ring (bicyclic) bond motifs is 3. The summed E-state index contributed by atoms with van der Waals surface area (Å²) in [7, 11) is 0.